The molecule has 0 saturated carbocycles. The second-order valence-electron chi connectivity index (χ2n) is 6.83. The van der Waals surface area contributed by atoms with Crippen molar-refractivity contribution >= 4 is 46.6 Å². The molecule has 0 fully saturated rings. The summed E-state index contributed by atoms with van der Waals surface area (Å²) in [5, 5.41) is 12.5. The number of halogens is 2. The minimum Gasteiger partial charge on any atom is -0.335 e. The maximum atomic E-state index is 12.5. The molecular formula is C20H21Cl2N5OS. The number of nitrogen functional groups attached to an aromatic ring is 1. The second kappa shape index (κ2) is 9.07. The first-order chi connectivity index (χ1) is 13.8. The smallest absolute Gasteiger partial charge is 0.234 e. The molecule has 0 unspecified atom stereocenters. The zero-order valence-electron chi connectivity index (χ0n) is 16.2. The van der Waals surface area contributed by atoms with Crippen LogP contribution >= 0.6 is 35.0 Å². The largest absolute Gasteiger partial charge is 0.335 e. The lowest BCUT2D eigenvalue weighted by Crippen LogP contribution is -2.18. The Balaban J connectivity index is 1.72. The predicted octanol–water partition coefficient (Wildman–Crippen LogP) is 5.13. The van der Waals surface area contributed by atoms with Crippen LogP contribution in [0.2, 0.25) is 10.0 Å². The highest BCUT2D eigenvalue weighted by Crippen LogP contribution is 2.31. The van der Waals surface area contributed by atoms with Crippen molar-refractivity contribution in [3.63, 3.8) is 0 Å². The van der Waals surface area contributed by atoms with Gasteiger partial charge in [-0.15, -0.1) is 10.2 Å². The molecule has 3 N–H and O–H groups in total. The van der Waals surface area contributed by atoms with Gasteiger partial charge in [-0.2, -0.15) is 0 Å². The van der Waals surface area contributed by atoms with Gasteiger partial charge in [0.05, 0.1) is 10.8 Å². The van der Waals surface area contributed by atoms with E-state index in [0.717, 1.165) is 16.8 Å². The summed E-state index contributed by atoms with van der Waals surface area (Å²) < 4.78 is 1.32. The molecule has 0 bridgehead atoms. The number of thioether (sulfide) groups is 1. The Morgan fingerprint density at radius 3 is 2.69 bits per heavy atom. The molecule has 9 heteroatoms. The summed E-state index contributed by atoms with van der Waals surface area (Å²) >= 11 is 13.4. The van der Waals surface area contributed by atoms with Gasteiger partial charge in [0.1, 0.15) is 0 Å². The lowest BCUT2D eigenvalue weighted by Gasteiger charge is -2.16. The van der Waals surface area contributed by atoms with E-state index >= 15 is 0 Å². The number of anilines is 1. The molecule has 0 aliphatic heterocycles. The van der Waals surface area contributed by atoms with E-state index in [4.69, 9.17) is 29.0 Å². The van der Waals surface area contributed by atoms with Crippen LogP contribution in [0, 0.1) is 6.92 Å². The van der Waals surface area contributed by atoms with Crippen LogP contribution in [0.3, 0.4) is 0 Å². The van der Waals surface area contributed by atoms with E-state index in [1.165, 1.54) is 16.4 Å². The van der Waals surface area contributed by atoms with Gasteiger partial charge in [0.2, 0.25) is 11.1 Å². The standard InChI is InChI=1S/C20H21Cl2N5OS/c1-11(2)14-6-4-5-12(3)18(14)24-17(28)10-29-20-26-25-19(27(20)23)15-8-7-13(21)9-16(15)22/h4-9,11H,10,23H2,1-3H3,(H,24,28). The molecule has 0 saturated heterocycles. The molecule has 1 heterocycles. The molecule has 1 amide bonds. The van der Waals surface area contributed by atoms with Crippen molar-refractivity contribution in [2.75, 3.05) is 16.9 Å². The Labute approximate surface area is 183 Å². The molecule has 3 aromatic rings. The molecule has 0 atom stereocenters. The molecule has 0 aliphatic carbocycles. The first kappa shape index (κ1) is 21.5. The van der Waals surface area contributed by atoms with Crippen LogP contribution in [-0.4, -0.2) is 26.5 Å². The normalized spacial score (nSPS) is 11.1. The Morgan fingerprint density at radius 1 is 1.24 bits per heavy atom. The first-order valence-corrected chi connectivity index (χ1v) is 10.7. The van der Waals surface area contributed by atoms with E-state index in [1.54, 1.807) is 18.2 Å². The molecule has 152 valence electrons. The highest BCUT2D eigenvalue weighted by atomic mass is 35.5. The maximum absolute atomic E-state index is 12.5. The van der Waals surface area contributed by atoms with Crippen LogP contribution in [0.5, 0.6) is 0 Å². The molecule has 0 radical (unpaired) electrons. The number of para-hydroxylation sites is 1. The zero-order chi connectivity index (χ0) is 21.1. The number of hydrogen-bond acceptors (Lipinski definition) is 5. The van der Waals surface area contributed by atoms with E-state index in [9.17, 15) is 4.79 Å². The Bertz CT molecular complexity index is 1050. The molecular weight excluding hydrogens is 429 g/mol. The van der Waals surface area contributed by atoms with Gasteiger partial charge in [-0.25, -0.2) is 4.68 Å². The highest BCUT2D eigenvalue weighted by Gasteiger charge is 2.17. The summed E-state index contributed by atoms with van der Waals surface area (Å²) in [6.45, 7) is 6.17. The number of nitrogens with one attached hydrogen (secondary N) is 1. The Kier molecular flexibility index (Phi) is 6.72. The summed E-state index contributed by atoms with van der Waals surface area (Å²) in [4.78, 5) is 12.5. The molecule has 0 spiro atoms. The summed E-state index contributed by atoms with van der Waals surface area (Å²) in [5.74, 6) is 6.83. The highest BCUT2D eigenvalue weighted by molar-refractivity contribution is 7.99. The van der Waals surface area contributed by atoms with Crippen molar-refractivity contribution in [1.29, 1.82) is 0 Å². The summed E-state index contributed by atoms with van der Waals surface area (Å²) in [7, 11) is 0. The third kappa shape index (κ3) is 4.86. The molecule has 3 rings (SSSR count). The second-order valence-corrected chi connectivity index (χ2v) is 8.62. The molecule has 2 aromatic carbocycles. The van der Waals surface area contributed by atoms with E-state index in [1.807, 2.05) is 25.1 Å². The zero-order valence-corrected chi connectivity index (χ0v) is 18.6. The van der Waals surface area contributed by atoms with Crippen LogP contribution < -0.4 is 11.2 Å². The van der Waals surface area contributed by atoms with Gasteiger partial charge in [-0.3, -0.25) is 4.79 Å². The number of carbonyl (C=O) groups excluding carboxylic acids is 1. The van der Waals surface area contributed by atoms with Crippen molar-refractivity contribution in [2.45, 2.75) is 31.8 Å². The Hall–Kier alpha value is -2.22. The lowest BCUT2D eigenvalue weighted by molar-refractivity contribution is -0.113. The van der Waals surface area contributed by atoms with Crippen molar-refractivity contribution in [2.24, 2.45) is 0 Å². The van der Waals surface area contributed by atoms with Crippen molar-refractivity contribution in [1.82, 2.24) is 14.9 Å². The van der Waals surface area contributed by atoms with E-state index in [-0.39, 0.29) is 11.7 Å². The van der Waals surface area contributed by atoms with Crippen molar-refractivity contribution in [3.05, 3.63) is 57.6 Å². The minimum absolute atomic E-state index is 0.139. The quantitative estimate of drug-likeness (QED) is 0.402. The van der Waals surface area contributed by atoms with Gasteiger partial charge >= 0.3 is 0 Å². The molecule has 0 aliphatic rings. The number of aryl methyl sites for hydroxylation is 1. The SMILES string of the molecule is Cc1cccc(C(C)C)c1NC(=O)CSc1nnc(-c2ccc(Cl)cc2Cl)n1N. The number of carbonyl (C=O) groups is 1. The monoisotopic (exact) mass is 449 g/mol. The van der Waals surface area contributed by atoms with Crippen LogP contribution in [0.1, 0.15) is 30.9 Å². The number of hydrogen-bond donors (Lipinski definition) is 2. The van der Waals surface area contributed by atoms with Gasteiger partial charge in [-0.05, 0) is 42.2 Å². The average Bonchev–Trinajstić information content (AvgIpc) is 3.02. The average molecular weight is 450 g/mol. The van der Waals surface area contributed by atoms with E-state index < -0.39 is 0 Å². The summed E-state index contributed by atoms with van der Waals surface area (Å²) in [6.07, 6.45) is 0. The molecule has 6 nitrogen and oxygen atoms in total. The predicted molar refractivity (Wildman–Crippen MR) is 120 cm³/mol. The fourth-order valence-electron chi connectivity index (χ4n) is 2.88. The fraction of sp³-hybridized carbons (Fsp3) is 0.250. The maximum Gasteiger partial charge on any atom is 0.234 e. The topological polar surface area (TPSA) is 85.8 Å². The lowest BCUT2D eigenvalue weighted by atomic mass is 9.98. The molecule has 29 heavy (non-hydrogen) atoms. The third-order valence-corrected chi connectivity index (χ3v) is 5.85. The molecule has 1 aromatic heterocycles. The fourth-order valence-corrected chi connectivity index (χ4v) is 4.03. The van der Waals surface area contributed by atoms with Gasteiger partial charge < -0.3 is 11.2 Å². The van der Waals surface area contributed by atoms with Crippen molar-refractivity contribution in [3.8, 4) is 11.4 Å². The van der Waals surface area contributed by atoms with Crippen LogP contribution in [0.4, 0.5) is 5.69 Å². The number of benzene rings is 2. The van der Waals surface area contributed by atoms with Gasteiger partial charge in [0.25, 0.3) is 0 Å². The number of nitrogens with zero attached hydrogens (tertiary/aromatic N) is 3. The Morgan fingerprint density at radius 2 is 2.00 bits per heavy atom. The number of rotatable bonds is 6. The van der Waals surface area contributed by atoms with E-state index in [2.05, 4.69) is 29.4 Å². The minimum atomic E-state index is -0.139. The van der Waals surface area contributed by atoms with Gasteiger partial charge in [0, 0.05) is 16.3 Å². The third-order valence-electron chi connectivity index (χ3n) is 4.36. The van der Waals surface area contributed by atoms with Crippen LogP contribution in [-0.2, 0) is 4.79 Å². The first-order valence-electron chi connectivity index (χ1n) is 8.96. The van der Waals surface area contributed by atoms with Gasteiger partial charge in [-0.1, -0.05) is 67.0 Å². The summed E-state index contributed by atoms with van der Waals surface area (Å²) in [5.41, 5.74) is 3.60. The van der Waals surface area contributed by atoms with Crippen LogP contribution in [0.25, 0.3) is 11.4 Å². The van der Waals surface area contributed by atoms with Crippen molar-refractivity contribution < 1.29 is 4.79 Å². The number of nitrogens with two attached hydrogens (primary N) is 1. The number of aromatic nitrogens is 3. The van der Waals surface area contributed by atoms with Gasteiger partial charge in [0.15, 0.2) is 5.82 Å². The number of amides is 1. The summed E-state index contributed by atoms with van der Waals surface area (Å²) in [6, 6.07) is 11.0. The van der Waals surface area contributed by atoms with Crippen LogP contribution in [0.15, 0.2) is 41.6 Å². The van der Waals surface area contributed by atoms with E-state index in [0.29, 0.717) is 32.5 Å².